The molecule has 0 unspecified atom stereocenters. The fraction of sp³-hybridized carbons (Fsp3) is 0.923. The summed E-state index contributed by atoms with van der Waals surface area (Å²) in [7, 11) is 0. The average molecular weight is 397 g/mol. The average Bonchev–Trinajstić information content (AvgIpc) is 2.70. The summed E-state index contributed by atoms with van der Waals surface area (Å²) >= 11 is 0. The van der Waals surface area contributed by atoms with E-state index in [0.717, 1.165) is 30.6 Å². The first-order valence-electron chi connectivity index (χ1n) is 12.7. The molecule has 0 spiro atoms. The summed E-state index contributed by atoms with van der Waals surface area (Å²) in [5, 5.41) is 0. The van der Waals surface area contributed by atoms with Gasteiger partial charge in [0.15, 0.2) is 0 Å². The molecule has 0 aromatic heterocycles. The van der Waals surface area contributed by atoms with Crippen LogP contribution < -0.4 is 0 Å². The van der Waals surface area contributed by atoms with Crippen molar-refractivity contribution in [3.63, 3.8) is 0 Å². The molecule has 2 aliphatic carbocycles. The number of hydrogen-bond donors (Lipinski definition) is 0. The topological polar surface area (TPSA) is 0 Å². The Morgan fingerprint density at radius 1 is 0.643 bits per heavy atom. The lowest BCUT2D eigenvalue weighted by atomic mass is 9.68. The molecule has 0 bridgehead atoms. The van der Waals surface area contributed by atoms with Gasteiger partial charge >= 0.3 is 0 Å². The van der Waals surface area contributed by atoms with Crippen LogP contribution in [-0.4, -0.2) is 0 Å². The summed E-state index contributed by atoms with van der Waals surface area (Å²) in [4.78, 5) is 0. The lowest BCUT2D eigenvalue weighted by molar-refractivity contribution is 0.150. The van der Waals surface area contributed by atoms with Crippen LogP contribution in [0.15, 0.2) is 12.2 Å². The predicted molar refractivity (Wildman–Crippen MR) is 118 cm³/mol. The molecule has 2 aliphatic rings. The Bertz CT molecular complexity index is 397. The van der Waals surface area contributed by atoms with Crippen molar-refractivity contribution in [2.24, 2.45) is 23.7 Å². The van der Waals surface area contributed by atoms with Gasteiger partial charge in [-0.15, -0.1) is 0 Å². The molecule has 2 fully saturated rings. The van der Waals surface area contributed by atoms with Crippen LogP contribution in [0.1, 0.15) is 129 Å². The highest BCUT2D eigenvalue weighted by Gasteiger charge is 2.30. The van der Waals surface area contributed by atoms with Crippen LogP contribution in [0.25, 0.3) is 0 Å². The van der Waals surface area contributed by atoms with E-state index >= 15 is 0 Å². The summed E-state index contributed by atoms with van der Waals surface area (Å²) in [6, 6.07) is 0. The molecule has 0 amide bonds. The fourth-order valence-corrected chi connectivity index (χ4v) is 5.83. The Labute approximate surface area is 173 Å². The third-order valence-electron chi connectivity index (χ3n) is 7.70. The lowest BCUT2D eigenvalue weighted by Crippen LogP contribution is -2.25. The van der Waals surface area contributed by atoms with Gasteiger partial charge < -0.3 is 0 Å². The molecule has 2 heteroatoms. The summed E-state index contributed by atoms with van der Waals surface area (Å²) in [6.45, 7) is 2.29. The minimum atomic E-state index is -1.48. The van der Waals surface area contributed by atoms with Crippen LogP contribution in [0.3, 0.4) is 0 Å². The molecule has 2 saturated carbocycles. The second kappa shape index (κ2) is 14.6. The van der Waals surface area contributed by atoms with Gasteiger partial charge in [-0.1, -0.05) is 90.4 Å². The Morgan fingerprint density at radius 2 is 1.11 bits per heavy atom. The Balaban J connectivity index is 1.44. The Kier molecular flexibility index (Phi) is 12.4. The van der Waals surface area contributed by atoms with Gasteiger partial charge in [0.25, 0.3) is 6.08 Å². The molecular formula is C26H46F2. The summed E-state index contributed by atoms with van der Waals surface area (Å²) in [6.07, 6.45) is 25.5. The standard InChI is InChI=1S/C26H46F2/c1-2-3-4-5-6-7-8-9-10-11-12-22-13-17-24(18-14-22)25-19-15-23(16-20-25)21-26(27)28/h21-25H,2-20H2,1H3. The molecule has 2 rings (SSSR count). The van der Waals surface area contributed by atoms with Crippen molar-refractivity contribution in [1.29, 1.82) is 0 Å². The highest BCUT2D eigenvalue weighted by molar-refractivity contribution is 4.92. The first kappa shape index (κ1) is 23.9. The van der Waals surface area contributed by atoms with Crippen molar-refractivity contribution < 1.29 is 8.78 Å². The predicted octanol–water partition coefficient (Wildman–Crippen LogP) is 9.69. The van der Waals surface area contributed by atoms with Gasteiger partial charge in [0.1, 0.15) is 0 Å². The van der Waals surface area contributed by atoms with Gasteiger partial charge in [-0.25, -0.2) is 0 Å². The maximum atomic E-state index is 12.4. The van der Waals surface area contributed by atoms with E-state index in [2.05, 4.69) is 6.92 Å². The van der Waals surface area contributed by atoms with Gasteiger partial charge in [-0.05, 0) is 68.3 Å². The number of unbranched alkanes of at least 4 members (excludes halogenated alkanes) is 9. The molecule has 0 aliphatic heterocycles. The molecule has 164 valence electrons. The first-order valence-corrected chi connectivity index (χ1v) is 12.7. The van der Waals surface area contributed by atoms with E-state index in [1.807, 2.05) is 0 Å². The van der Waals surface area contributed by atoms with Gasteiger partial charge in [-0.3, -0.25) is 0 Å². The molecule has 0 aromatic rings. The lowest BCUT2D eigenvalue weighted by Gasteiger charge is -2.37. The smallest absolute Gasteiger partial charge is 0.174 e. The van der Waals surface area contributed by atoms with E-state index in [1.54, 1.807) is 0 Å². The highest BCUT2D eigenvalue weighted by atomic mass is 19.3. The zero-order valence-electron chi connectivity index (χ0n) is 18.6. The van der Waals surface area contributed by atoms with Crippen molar-refractivity contribution in [2.75, 3.05) is 0 Å². The first-order chi connectivity index (χ1) is 13.7. The Morgan fingerprint density at radius 3 is 1.61 bits per heavy atom. The van der Waals surface area contributed by atoms with Crippen molar-refractivity contribution in [3.8, 4) is 0 Å². The molecule has 28 heavy (non-hydrogen) atoms. The van der Waals surface area contributed by atoms with Crippen LogP contribution >= 0.6 is 0 Å². The molecular weight excluding hydrogens is 350 g/mol. The second-order valence-electron chi connectivity index (χ2n) is 9.88. The van der Waals surface area contributed by atoms with E-state index in [0.29, 0.717) is 0 Å². The molecule has 0 heterocycles. The molecule has 0 aromatic carbocycles. The quantitative estimate of drug-likeness (QED) is 0.272. The van der Waals surface area contributed by atoms with Gasteiger partial charge in [0.05, 0.1) is 0 Å². The Hall–Kier alpha value is -0.400. The summed E-state index contributed by atoms with van der Waals surface area (Å²) < 4.78 is 24.8. The van der Waals surface area contributed by atoms with Crippen LogP contribution in [0.2, 0.25) is 0 Å². The third-order valence-corrected chi connectivity index (χ3v) is 7.70. The summed E-state index contributed by atoms with van der Waals surface area (Å²) in [5.74, 6) is 2.84. The maximum Gasteiger partial charge on any atom is 0.266 e. The largest absolute Gasteiger partial charge is 0.266 e. The third kappa shape index (κ3) is 9.88. The van der Waals surface area contributed by atoms with Gasteiger partial charge in [0, 0.05) is 0 Å². The number of halogens is 2. The van der Waals surface area contributed by atoms with Gasteiger partial charge in [0.2, 0.25) is 0 Å². The van der Waals surface area contributed by atoms with Crippen LogP contribution in [0.5, 0.6) is 0 Å². The van der Waals surface area contributed by atoms with Crippen molar-refractivity contribution in [3.05, 3.63) is 12.2 Å². The highest BCUT2D eigenvalue weighted by Crippen LogP contribution is 2.42. The SMILES string of the molecule is CCCCCCCCCCCCC1CCC(C2CCC(C=C(F)F)CC2)CC1. The van der Waals surface area contributed by atoms with Crippen LogP contribution in [0.4, 0.5) is 8.78 Å². The van der Waals surface area contributed by atoms with Crippen molar-refractivity contribution >= 4 is 0 Å². The van der Waals surface area contributed by atoms with Crippen molar-refractivity contribution in [2.45, 2.75) is 129 Å². The van der Waals surface area contributed by atoms with E-state index in [9.17, 15) is 8.78 Å². The molecule has 0 nitrogen and oxygen atoms in total. The zero-order chi connectivity index (χ0) is 20.0. The molecule has 0 radical (unpaired) electrons. The van der Waals surface area contributed by atoms with Crippen molar-refractivity contribution in [1.82, 2.24) is 0 Å². The fourth-order valence-electron chi connectivity index (χ4n) is 5.83. The van der Waals surface area contributed by atoms with Crippen LogP contribution in [0, 0.1) is 23.7 Å². The van der Waals surface area contributed by atoms with E-state index in [4.69, 9.17) is 0 Å². The summed E-state index contributed by atoms with van der Waals surface area (Å²) in [5.41, 5.74) is 0. The van der Waals surface area contributed by atoms with E-state index < -0.39 is 6.08 Å². The number of rotatable bonds is 13. The minimum Gasteiger partial charge on any atom is -0.174 e. The molecule has 0 saturated heterocycles. The number of hydrogen-bond acceptors (Lipinski definition) is 0. The van der Waals surface area contributed by atoms with Crippen LogP contribution in [-0.2, 0) is 0 Å². The maximum absolute atomic E-state index is 12.4. The molecule has 0 atom stereocenters. The second-order valence-corrected chi connectivity index (χ2v) is 9.88. The van der Waals surface area contributed by atoms with Gasteiger partial charge in [-0.2, -0.15) is 8.78 Å². The normalized spacial score (nSPS) is 28.2. The minimum absolute atomic E-state index is 0.147. The zero-order valence-corrected chi connectivity index (χ0v) is 18.6. The monoisotopic (exact) mass is 396 g/mol. The van der Waals surface area contributed by atoms with E-state index in [-0.39, 0.29) is 5.92 Å². The number of allylic oxidation sites excluding steroid dienone is 1. The van der Waals surface area contributed by atoms with E-state index in [1.165, 1.54) is 115 Å². The molecule has 0 N–H and O–H groups in total.